The summed E-state index contributed by atoms with van der Waals surface area (Å²) in [5.41, 5.74) is 1.21. The van der Waals surface area contributed by atoms with E-state index in [1.807, 2.05) is 18.2 Å². The van der Waals surface area contributed by atoms with Crippen LogP contribution in [-0.2, 0) is 10.1 Å². The van der Waals surface area contributed by atoms with Crippen molar-refractivity contribution < 1.29 is 9.53 Å². The van der Waals surface area contributed by atoms with E-state index in [-0.39, 0.29) is 5.56 Å². The highest BCUT2D eigenvalue weighted by molar-refractivity contribution is 9.08. The molecule has 0 fully saturated rings. The molecule has 0 unspecified atom stereocenters. The third kappa shape index (κ3) is 2.88. The fourth-order valence-electron chi connectivity index (χ4n) is 2.39. The number of carbonyl (C=O) groups is 1. The summed E-state index contributed by atoms with van der Waals surface area (Å²) in [6, 6.07) is 5.67. The molecule has 0 spiro atoms. The number of benzene rings is 1. The molecule has 0 saturated heterocycles. The van der Waals surface area contributed by atoms with E-state index in [4.69, 9.17) is 4.74 Å². The van der Waals surface area contributed by atoms with Gasteiger partial charge in [0, 0.05) is 10.7 Å². The highest BCUT2D eigenvalue weighted by Crippen LogP contribution is 2.23. The fraction of sp³-hybridized carbons (Fsp3) is 0.312. The molecular formula is C16H16BrN3O3. The Bertz CT molecular complexity index is 966. The van der Waals surface area contributed by atoms with Crippen LogP contribution in [0.25, 0.3) is 21.8 Å². The van der Waals surface area contributed by atoms with Crippen molar-refractivity contribution in [2.24, 2.45) is 0 Å². The summed E-state index contributed by atoms with van der Waals surface area (Å²) in [4.78, 5) is 27.4. The Balaban J connectivity index is 2.29. The number of fused-ring (bicyclic) bond motifs is 3. The first-order chi connectivity index (χ1) is 10.8. The maximum Gasteiger partial charge on any atom is 0.435 e. The molecule has 120 valence electrons. The highest BCUT2D eigenvalue weighted by atomic mass is 79.9. The van der Waals surface area contributed by atoms with Gasteiger partial charge in [-0.15, -0.1) is 0 Å². The van der Waals surface area contributed by atoms with Gasteiger partial charge in [0.25, 0.3) is 5.56 Å². The number of H-pyrrole nitrogens is 1. The van der Waals surface area contributed by atoms with Gasteiger partial charge in [-0.05, 0) is 32.4 Å². The second-order valence-electron chi connectivity index (χ2n) is 6.27. The zero-order chi connectivity index (χ0) is 16.8. The van der Waals surface area contributed by atoms with Crippen LogP contribution >= 0.6 is 15.9 Å². The van der Waals surface area contributed by atoms with Gasteiger partial charge in [0.15, 0.2) is 0 Å². The Morgan fingerprint density at radius 1 is 1.35 bits per heavy atom. The molecule has 0 aliphatic carbocycles. The van der Waals surface area contributed by atoms with Crippen molar-refractivity contribution in [3.05, 3.63) is 40.3 Å². The van der Waals surface area contributed by atoms with Gasteiger partial charge in [0.05, 0.1) is 22.6 Å². The Morgan fingerprint density at radius 2 is 2.09 bits per heavy atom. The molecule has 0 aliphatic rings. The second kappa shape index (κ2) is 5.49. The molecule has 0 atom stereocenters. The predicted molar refractivity (Wildman–Crippen MR) is 92.1 cm³/mol. The zero-order valence-electron chi connectivity index (χ0n) is 13.0. The first-order valence-corrected chi connectivity index (χ1v) is 8.24. The summed E-state index contributed by atoms with van der Waals surface area (Å²) >= 11 is 3.39. The van der Waals surface area contributed by atoms with Gasteiger partial charge >= 0.3 is 6.09 Å². The number of carbonyl (C=O) groups excluding carboxylic acids is 1. The lowest BCUT2D eigenvalue weighted by Crippen LogP contribution is -2.27. The topological polar surface area (TPSA) is 77.0 Å². The first kappa shape index (κ1) is 15.7. The Morgan fingerprint density at radius 3 is 2.74 bits per heavy atom. The minimum atomic E-state index is -0.643. The molecule has 1 N–H and O–H groups in total. The molecule has 6 nitrogen and oxygen atoms in total. The quantitative estimate of drug-likeness (QED) is 0.657. The van der Waals surface area contributed by atoms with Crippen LogP contribution in [0, 0.1) is 0 Å². The van der Waals surface area contributed by atoms with E-state index in [1.54, 1.807) is 20.8 Å². The lowest BCUT2D eigenvalue weighted by molar-refractivity contribution is 0.0523. The number of hydrogen-bond donors (Lipinski definition) is 1. The van der Waals surface area contributed by atoms with Gasteiger partial charge in [-0.1, -0.05) is 28.1 Å². The number of pyridine rings is 1. The summed E-state index contributed by atoms with van der Waals surface area (Å²) in [7, 11) is 0. The third-order valence-electron chi connectivity index (χ3n) is 3.32. The van der Waals surface area contributed by atoms with Crippen molar-refractivity contribution >= 4 is 43.8 Å². The summed E-state index contributed by atoms with van der Waals surface area (Å²) in [6.07, 6.45) is 0.777. The molecule has 7 heteroatoms. The molecule has 0 radical (unpaired) electrons. The van der Waals surface area contributed by atoms with E-state index in [2.05, 4.69) is 26.0 Å². The number of halogens is 1. The summed E-state index contributed by atoms with van der Waals surface area (Å²) in [6.45, 7) is 5.34. The van der Waals surface area contributed by atoms with Crippen molar-refractivity contribution in [2.75, 3.05) is 0 Å². The predicted octanol–water partition coefficient (Wildman–Crippen LogP) is 3.56. The molecule has 3 rings (SSSR count). The van der Waals surface area contributed by atoms with E-state index in [9.17, 15) is 9.59 Å². The van der Waals surface area contributed by atoms with Crippen molar-refractivity contribution in [2.45, 2.75) is 31.7 Å². The Kier molecular flexibility index (Phi) is 3.75. The minimum Gasteiger partial charge on any atom is -0.442 e. The largest absolute Gasteiger partial charge is 0.442 e. The normalized spacial score (nSPS) is 12.0. The van der Waals surface area contributed by atoms with E-state index < -0.39 is 11.7 Å². The number of ether oxygens (including phenoxy) is 1. The van der Waals surface area contributed by atoms with Gasteiger partial charge in [-0.2, -0.15) is 9.78 Å². The molecule has 2 aromatic heterocycles. The van der Waals surface area contributed by atoms with Gasteiger partial charge in [-0.3, -0.25) is 4.79 Å². The minimum absolute atomic E-state index is 0.283. The van der Waals surface area contributed by atoms with E-state index in [0.29, 0.717) is 21.7 Å². The van der Waals surface area contributed by atoms with E-state index in [1.165, 1.54) is 6.20 Å². The van der Waals surface area contributed by atoms with Crippen LogP contribution < -0.4 is 5.56 Å². The monoisotopic (exact) mass is 377 g/mol. The van der Waals surface area contributed by atoms with Gasteiger partial charge in [0.1, 0.15) is 5.60 Å². The van der Waals surface area contributed by atoms with Gasteiger partial charge in [-0.25, -0.2) is 4.79 Å². The maximum atomic E-state index is 12.4. The number of hydrogen-bond acceptors (Lipinski definition) is 4. The van der Waals surface area contributed by atoms with Crippen LogP contribution in [0.5, 0.6) is 0 Å². The molecule has 1 aromatic carbocycles. The lowest BCUT2D eigenvalue weighted by Gasteiger charge is -2.19. The van der Waals surface area contributed by atoms with Crippen LogP contribution in [-0.4, -0.2) is 26.5 Å². The number of rotatable bonds is 1. The molecule has 23 heavy (non-hydrogen) atoms. The van der Waals surface area contributed by atoms with Crippen LogP contribution in [0.1, 0.15) is 26.3 Å². The van der Waals surface area contributed by atoms with Crippen molar-refractivity contribution in [1.82, 2.24) is 14.8 Å². The lowest BCUT2D eigenvalue weighted by atomic mass is 10.1. The molecule has 2 heterocycles. The van der Waals surface area contributed by atoms with Crippen LogP contribution in [0.4, 0.5) is 4.79 Å². The average molecular weight is 378 g/mol. The van der Waals surface area contributed by atoms with Crippen LogP contribution in [0.15, 0.2) is 29.2 Å². The van der Waals surface area contributed by atoms with Crippen molar-refractivity contribution in [1.29, 1.82) is 0 Å². The first-order valence-electron chi connectivity index (χ1n) is 7.12. The Labute approximate surface area is 140 Å². The van der Waals surface area contributed by atoms with Crippen LogP contribution in [0.3, 0.4) is 0 Å². The average Bonchev–Trinajstić information content (AvgIpc) is 2.90. The number of aromatic nitrogens is 3. The number of aromatic amines is 1. The fourth-order valence-corrected chi connectivity index (χ4v) is 2.74. The van der Waals surface area contributed by atoms with Crippen molar-refractivity contribution in [3.63, 3.8) is 0 Å². The Hall–Kier alpha value is -2.15. The molecule has 0 amide bonds. The SMILES string of the molecule is CC(C)(C)OC(=O)n1ncc2c(=O)[nH]c3cc(CBr)ccc3c21. The molecule has 3 aromatic rings. The second-order valence-corrected chi connectivity index (χ2v) is 6.83. The molecule has 0 bridgehead atoms. The van der Waals surface area contributed by atoms with Gasteiger partial charge in [0.2, 0.25) is 0 Å². The van der Waals surface area contributed by atoms with Crippen molar-refractivity contribution in [3.8, 4) is 0 Å². The number of nitrogens with zero attached hydrogens (tertiary/aromatic N) is 2. The van der Waals surface area contributed by atoms with E-state index in [0.717, 1.165) is 15.6 Å². The zero-order valence-corrected chi connectivity index (χ0v) is 14.6. The maximum absolute atomic E-state index is 12.4. The van der Waals surface area contributed by atoms with E-state index >= 15 is 0 Å². The summed E-state index contributed by atoms with van der Waals surface area (Å²) in [5.74, 6) is 0. The summed E-state index contributed by atoms with van der Waals surface area (Å²) < 4.78 is 6.51. The van der Waals surface area contributed by atoms with Crippen LogP contribution in [0.2, 0.25) is 0 Å². The number of alkyl halides is 1. The van der Waals surface area contributed by atoms with Gasteiger partial charge < -0.3 is 9.72 Å². The standard InChI is InChI=1S/C16H16BrN3O3/c1-16(2,3)23-15(22)20-13-10-5-4-9(7-17)6-12(10)19-14(21)11(13)8-18-20/h4-6,8H,7H2,1-3H3,(H,19,21). The molecular weight excluding hydrogens is 362 g/mol. The number of nitrogens with one attached hydrogen (secondary N) is 1. The summed E-state index contributed by atoms with van der Waals surface area (Å²) in [5, 5.41) is 5.82. The smallest absolute Gasteiger partial charge is 0.435 e. The molecule has 0 saturated carbocycles. The highest BCUT2D eigenvalue weighted by Gasteiger charge is 2.22. The molecule has 0 aliphatic heterocycles. The third-order valence-corrected chi connectivity index (χ3v) is 3.97.